The number of carbonyl (C=O) groups is 1. The molecule has 1 unspecified atom stereocenters. The number of benzene rings is 2. The average molecular weight is 397 g/mol. The summed E-state index contributed by atoms with van der Waals surface area (Å²) in [5, 5.41) is 2.71. The number of fused-ring (bicyclic) bond motifs is 1. The minimum Gasteiger partial charge on any atom is -0.348 e. The van der Waals surface area contributed by atoms with Gasteiger partial charge in [0, 0.05) is 0 Å². The summed E-state index contributed by atoms with van der Waals surface area (Å²) in [6.45, 7) is 0. The van der Waals surface area contributed by atoms with Crippen molar-refractivity contribution in [1.29, 1.82) is 0 Å². The van der Waals surface area contributed by atoms with Crippen molar-refractivity contribution in [2.24, 2.45) is 0 Å². The maximum atomic E-state index is 12.5. The van der Waals surface area contributed by atoms with Gasteiger partial charge in [-0.15, -0.1) is 0 Å². The van der Waals surface area contributed by atoms with Crippen LogP contribution in [-0.4, -0.2) is 26.3 Å². The first kappa shape index (κ1) is 19.4. The van der Waals surface area contributed by atoms with E-state index < -0.39 is 34.4 Å². The molecule has 8 heteroatoms. The first-order valence-corrected chi connectivity index (χ1v) is 10.2. The molecule has 2 aromatic carbocycles. The number of amides is 1. The molecule has 1 heterocycles. The fraction of sp³-hybridized carbons (Fsp3) is 0.316. The molecule has 0 saturated carbocycles. The van der Waals surface area contributed by atoms with E-state index in [1.165, 1.54) is 18.2 Å². The Labute approximate surface area is 155 Å². The molecule has 0 spiro atoms. The topological polar surface area (TPSA) is 63.2 Å². The number of nitrogens with one attached hydrogen (secondary N) is 1. The lowest BCUT2D eigenvalue weighted by Crippen LogP contribution is -2.37. The Kier molecular flexibility index (Phi) is 5.28. The molecule has 1 N–H and O–H groups in total. The van der Waals surface area contributed by atoms with E-state index in [0.717, 1.165) is 5.56 Å². The lowest BCUT2D eigenvalue weighted by Gasteiger charge is -2.26. The molecule has 0 saturated heterocycles. The molecule has 3 rings (SSSR count). The van der Waals surface area contributed by atoms with Gasteiger partial charge >= 0.3 is 6.18 Å². The lowest BCUT2D eigenvalue weighted by atomic mass is 10.0. The third-order valence-corrected chi connectivity index (χ3v) is 5.91. The van der Waals surface area contributed by atoms with E-state index in [2.05, 4.69) is 5.32 Å². The molecule has 0 fully saturated rings. The van der Waals surface area contributed by atoms with Gasteiger partial charge < -0.3 is 5.32 Å². The van der Waals surface area contributed by atoms with Crippen LogP contribution < -0.4 is 5.32 Å². The lowest BCUT2D eigenvalue weighted by molar-refractivity contribution is -0.127. The highest BCUT2D eigenvalue weighted by Gasteiger charge is 2.31. The van der Waals surface area contributed by atoms with E-state index in [1.807, 2.05) is 0 Å². The smallest absolute Gasteiger partial charge is 0.348 e. The van der Waals surface area contributed by atoms with Crippen LogP contribution in [-0.2, 0) is 33.2 Å². The van der Waals surface area contributed by atoms with E-state index in [1.54, 1.807) is 30.3 Å². The monoisotopic (exact) mass is 397 g/mol. The number of sulfone groups is 1. The van der Waals surface area contributed by atoms with Crippen molar-refractivity contribution in [2.45, 2.75) is 30.8 Å². The molecule has 1 amide bonds. The minimum absolute atomic E-state index is 0.0605. The summed E-state index contributed by atoms with van der Waals surface area (Å²) in [5.74, 6) is -0.685. The Morgan fingerprint density at radius 1 is 1.07 bits per heavy atom. The molecule has 0 aromatic heterocycles. The van der Waals surface area contributed by atoms with Crippen molar-refractivity contribution in [2.75, 3.05) is 5.75 Å². The molecule has 4 nitrogen and oxygen atoms in total. The standard InChI is InChI=1S/C19H18F3NO3S/c20-19(21,22)10-14-5-3-4-13(8-14)9-18(24)23-17-12-27(25,26)11-15-6-1-2-7-16(15)17/h1-8,17H,9-12H2,(H,23,24). The van der Waals surface area contributed by atoms with E-state index in [4.69, 9.17) is 0 Å². The van der Waals surface area contributed by atoms with Crippen molar-refractivity contribution < 1.29 is 26.4 Å². The third kappa shape index (κ3) is 5.32. The zero-order valence-corrected chi connectivity index (χ0v) is 15.1. The summed E-state index contributed by atoms with van der Waals surface area (Å²) in [5.41, 5.74) is 1.94. The molecular weight excluding hydrogens is 379 g/mol. The molecule has 27 heavy (non-hydrogen) atoms. The number of rotatable bonds is 4. The number of hydrogen-bond acceptors (Lipinski definition) is 3. The van der Waals surface area contributed by atoms with E-state index in [-0.39, 0.29) is 23.5 Å². The van der Waals surface area contributed by atoms with Gasteiger partial charge in [0.1, 0.15) is 0 Å². The maximum Gasteiger partial charge on any atom is 0.393 e. The normalized spacial score (nSPS) is 18.6. The van der Waals surface area contributed by atoms with Crippen LogP contribution in [0.4, 0.5) is 13.2 Å². The van der Waals surface area contributed by atoms with Crippen molar-refractivity contribution in [3.63, 3.8) is 0 Å². The van der Waals surface area contributed by atoms with Gasteiger partial charge in [0.2, 0.25) is 5.91 Å². The summed E-state index contributed by atoms with van der Waals surface area (Å²) in [4.78, 5) is 12.4. The summed E-state index contributed by atoms with van der Waals surface area (Å²) in [7, 11) is -3.33. The van der Waals surface area contributed by atoms with Crippen molar-refractivity contribution in [1.82, 2.24) is 5.32 Å². The largest absolute Gasteiger partial charge is 0.393 e. The van der Waals surface area contributed by atoms with Crippen LogP contribution in [0.25, 0.3) is 0 Å². The Morgan fingerprint density at radius 3 is 2.52 bits per heavy atom. The Balaban J connectivity index is 1.72. The Morgan fingerprint density at radius 2 is 1.78 bits per heavy atom. The predicted octanol–water partition coefficient (Wildman–Crippen LogP) is 3.12. The summed E-state index contributed by atoms with van der Waals surface area (Å²) in [6.07, 6.45) is -5.50. The SMILES string of the molecule is O=C(Cc1cccc(CC(F)(F)F)c1)NC1CS(=O)(=O)Cc2ccccc21. The molecule has 0 radical (unpaired) electrons. The van der Waals surface area contributed by atoms with Crippen molar-refractivity contribution in [3.8, 4) is 0 Å². The van der Waals surface area contributed by atoms with Crippen LogP contribution in [0.5, 0.6) is 0 Å². The van der Waals surface area contributed by atoms with Crippen LogP contribution in [0, 0.1) is 0 Å². The van der Waals surface area contributed by atoms with Crippen LogP contribution in [0.1, 0.15) is 28.3 Å². The minimum atomic E-state index is -4.32. The highest BCUT2D eigenvalue weighted by atomic mass is 32.2. The third-order valence-electron chi connectivity index (χ3n) is 4.32. The molecule has 2 aromatic rings. The van der Waals surface area contributed by atoms with Crippen LogP contribution in [0.2, 0.25) is 0 Å². The fourth-order valence-corrected chi connectivity index (χ4v) is 4.90. The summed E-state index contributed by atoms with van der Waals surface area (Å²) < 4.78 is 61.7. The molecule has 144 valence electrons. The number of carbonyl (C=O) groups excluding carboxylic acids is 1. The van der Waals surface area contributed by atoms with Gasteiger partial charge in [-0.3, -0.25) is 4.79 Å². The van der Waals surface area contributed by atoms with Gasteiger partial charge in [-0.05, 0) is 22.3 Å². The Hall–Kier alpha value is -2.35. The molecule has 0 aliphatic carbocycles. The number of halogens is 3. The maximum absolute atomic E-state index is 12.5. The highest BCUT2D eigenvalue weighted by Crippen LogP contribution is 2.28. The molecule has 1 aliphatic rings. The van der Waals surface area contributed by atoms with Crippen molar-refractivity contribution in [3.05, 3.63) is 70.8 Å². The van der Waals surface area contributed by atoms with Crippen molar-refractivity contribution >= 4 is 15.7 Å². The fourth-order valence-electron chi connectivity index (χ4n) is 3.28. The molecule has 1 aliphatic heterocycles. The van der Waals surface area contributed by atoms with Gasteiger partial charge in [-0.1, -0.05) is 48.5 Å². The molecule has 1 atom stereocenters. The quantitative estimate of drug-likeness (QED) is 0.862. The molecule has 0 bridgehead atoms. The summed E-state index contributed by atoms with van der Waals surface area (Å²) in [6, 6.07) is 12.1. The number of hydrogen-bond donors (Lipinski definition) is 1. The molecular formula is C19H18F3NO3S. The van der Waals surface area contributed by atoms with Gasteiger partial charge in [0.25, 0.3) is 0 Å². The second-order valence-corrected chi connectivity index (χ2v) is 8.77. The van der Waals surface area contributed by atoms with Gasteiger partial charge in [-0.2, -0.15) is 13.2 Å². The second-order valence-electron chi connectivity index (χ2n) is 6.66. The van der Waals surface area contributed by atoms with E-state index in [9.17, 15) is 26.4 Å². The Bertz CT molecular complexity index is 955. The zero-order valence-electron chi connectivity index (χ0n) is 14.3. The zero-order chi connectivity index (χ0) is 19.7. The first-order valence-electron chi connectivity index (χ1n) is 8.33. The number of alkyl halides is 3. The van der Waals surface area contributed by atoms with Crippen LogP contribution in [0.3, 0.4) is 0 Å². The van der Waals surface area contributed by atoms with Crippen LogP contribution >= 0.6 is 0 Å². The van der Waals surface area contributed by atoms with E-state index >= 15 is 0 Å². The van der Waals surface area contributed by atoms with E-state index in [0.29, 0.717) is 11.1 Å². The highest BCUT2D eigenvalue weighted by molar-refractivity contribution is 7.90. The first-order chi connectivity index (χ1) is 12.6. The van der Waals surface area contributed by atoms with Gasteiger partial charge in [0.15, 0.2) is 9.84 Å². The predicted molar refractivity (Wildman–Crippen MR) is 94.7 cm³/mol. The second kappa shape index (κ2) is 7.34. The van der Waals surface area contributed by atoms with Gasteiger partial charge in [-0.25, -0.2) is 8.42 Å². The summed E-state index contributed by atoms with van der Waals surface area (Å²) >= 11 is 0. The average Bonchev–Trinajstić information content (AvgIpc) is 2.52. The van der Waals surface area contributed by atoms with Crippen LogP contribution in [0.15, 0.2) is 48.5 Å². The van der Waals surface area contributed by atoms with Gasteiger partial charge in [0.05, 0.1) is 30.4 Å².